The molecule has 0 spiro atoms. The van der Waals surface area contributed by atoms with Gasteiger partial charge in [0.1, 0.15) is 5.82 Å². The maximum absolute atomic E-state index is 6.20. The van der Waals surface area contributed by atoms with E-state index in [4.69, 9.17) is 10.7 Å². The van der Waals surface area contributed by atoms with Gasteiger partial charge in [-0.25, -0.2) is 4.98 Å². The van der Waals surface area contributed by atoms with Crippen LogP contribution in [0.15, 0.2) is 18.2 Å². The fourth-order valence-electron chi connectivity index (χ4n) is 2.34. The van der Waals surface area contributed by atoms with E-state index >= 15 is 0 Å². The maximum atomic E-state index is 6.20. The topological polar surface area (TPSA) is 43.8 Å². The fraction of sp³-hybridized carbons (Fsp3) is 0.533. The van der Waals surface area contributed by atoms with Crippen molar-refractivity contribution in [2.45, 2.75) is 39.7 Å². The largest absolute Gasteiger partial charge is 0.331 e. The quantitative estimate of drug-likeness (QED) is 0.901. The lowest BCUT2D eigenvalue weighted by Gasteiger charge is -2.15. The summed E-state index contributed by atoms with van der Waals surface area (Å²) in [7, 11) is 2.08. The lowest BCUT2D eigenvalue weighted by atomic mass is 9.97. The minimum atomic E-state index is 0.0823. The third kappa shape index (κ3) is 2.15. The van der Waals surface area contributed by atoms with Crippen LogP contribution < -0.4 is 5.73 Å². The van der Waals surface area contributed by atoms with E-state index in [2.05, 4.69) is 57.5 Å². The molecule has 0 aliphatic heterocycles. The van der Waals surface area contributed by atoms with Gasteiger partial charge in [0.2, 0.25) is 0 Å². The van der Waals surface area contributed by atoms with Gasteiger partial charge in [-0.15, -0.1) is 0 Å². The highest BCUT2D eigenvalue weighted by Crippen LogP contribution is 2.25. The molecular formula is C15H23N3. The van der Waals surface area contributed by atoms with Crippen LogP contribution in [0.5, 0.6) is 0 Å². The summed E-state index contributed by atoms with van der Waals surface area (Å²) in [6, 6.07) is 6.47. The molecule has 1 atom stereocenters. The van der Waals surface area contributed by atoms with Gasteiger partial charge in [0, 0.05) is 19.0 Å². The van der Waals surface area contributed by atoms with Crippen molar-refractivity contribution in [3.8, 4) is 0 Å². The molecule has 3 nitrogen and oxygen atoms in total. The molecule has 1 heterocycles. The first-order valence-corrected chi connectivity index (χ1v) is 6.63. The SMILES string of the molecule is CC(C)c1nc2cc(C(N)C(C)C)ccc2n1C. The number of hydrogen-bond acceptors (Lipinski definition) is 2. The molecule has 0 saturated heterocycles. The van der Waals surface area contributed by atoms with Crippen molar-refractivity contribution in [1.29, 1.82) is 0 Å². The number of hydrogen-bond donors (Lipinski definition) is 1. The summed E-state index contributed by atoms with van der Waals surface area (Å²) in [6.45, 7) is 8.63. The molecule has 0 aliphatic rings. The second kappa shape index (κ2) is 4.73. The molecule has 2 aromatic rings. The van der Waals surface area contributed by atoms with E-state index in [1.807, 2.05) is 0 Å². The molecule has 3 heteroatoms. The standard InChI is InChI=1S/C15H23N3/c1-9(2)14(16)11-6-7-13-12(8-11)17-15(10(3)4)18(13)5/h6-10,14H,16H2,1-5H3. The summed E-state index contributed by atoms with van der Waals surface area (Å²) in [5.74, 6) is 2.00. The lowest BCUT2D eigenvalue weighted by molar-refractivity contribution is 0.514. The van der Waals surface area contributed by atoms with E-state index in [-0.39, 0.29) is 6.04 Å². The van der Waals surface area contributed by atoms with Crippen LogP contribution in [0.1, 0.15) is 51.0 Å². The van der Waals surface area contributed by atoms with Gasteiger partial charge in [-0.2, -0.15) is 0 Å². The molecule has 0 bridgehead atoms. The summed E-state index contributed by atoms with van der Waals surface area (Å²) in [6.07, 6.45) is 0. The lowest BCUT2D eigenvalue weighted by Crippen LogP contribution is -2.16. The average molecular weight is 245 g/mol. The molecule has 0 fully saturated rings. The van der Waals surface area contributed by atoms with E-state index in [1.54, 1.807) is 0 Å². The highest BCUT2D eigenvalue weighted by molar-refractivity contribution is 5.77. The monoisotopic (exact) mass is 245 g/mol. The van der Waals surface area contributed by atoms with Gasteiger partial charge >= 0.3 is 0 Å². The Balaban J connectivity index is 2.52. The van der Waals surface area contributed by atoms with Crippen LogP contribution >= 0.6 is 0 Å². The van der Waals surface area contributed by atoms with Crippen LogP contribution in [0.2, 0.25) is 0 Å². The zero-order valence-corrected chi connectivity index (χ0v) is 11.9. The van der Waals surface area contributed by atoms with Gasteiger partial charge in [-0.1, -0.05) is 33.8 Å². The van der Waals surface area contributed by atoms with Gasteiger partial charge in [0.25, 0.3) is 0 Å². The molecule has 0 radical (unpaired) electrons. The Kier molecular flexibility index (Phi) is 3.44. The predicted molar refractivity (Wildman–Crippen MR) is 76.6 cm³/mol. The summed E-state index contributed by atoms with van der Waals surface area (Å²) < 4.78 is 2.17. The van der Waals surface area contributed by atoms with Gasteiger partial charge < -0.3 is 10.3 Å². The van der Waals surface area contributed by atoms with Crippen LogP contribution in [-0.4, -0.2) is 9.55 Å². The molecular weight excluding hydrogens is 222 g/mol. The Morgan fingerprint density at radius 1 is 1.17 bits per heavy atom. The van der Waals surface area contributed by atoms with Gasteiger partial charge in [-0.05, 0) is 23.6 Å². The van der Waals surface area contributed by atoms with Crippen LogP contribution in [0.3, 0.4) is 0 Å². The van der Waals surface area contributed by atoms with Gasteiger partial charge in [0.15, 0.2) is 0 Å². The number of rotatable bonds is 3. The van der Waals surface area contributed by atoms with Crippen LogP contribution in [0, 0.1) is 5.92 Å². The van der Waals surface area contributed by atoms with Crippen LogP contribution in [0.4, 0.5) is 0 Å². The Labute approximate surface area is 109 Å². The number of nitrogens with zero attached hydrogens (tertiary/aromatic N) is 2. The van der Waals surface area contributed by atoms with E-state index in [9.17, 15) is 0 Å². The van der Waals surface area contributed by atoms with Crippen molar-refractivity contribution < 1.29 is 0 Å². The zero-order chi connectivity index (χ0) is 13.4. The second-order valence-corrected chi connectivity index (χ2v) is 5.70. The summed E-state index contributed by atoms with van der Waals surface area (Å²) in [5, 5.41) is 0. The molecule has 1 aromatic heterocycles. The molecule has 0 saturated carbocycles. The number of aromatic nitrogens is 2. The molecule has 2 N–H and O–H groups in total. The molecule has 98 valence electrons. The molecule has 0 aliphatic carbocycles. The minimum absolute atomic E-state index is 0.0823. The van der Waals surface area contributed by atoms with Gasteiger partial charge in [0.05, 0.1) is 11.0 Å². The summed E-state index contributed by atoms with van der Waals surface area (Å²) in [4.78, 5) is 4.72. The summed E-state index contributed by atoms with van der Waals surface area (Å²) in [5.41, 5.74) is 9.60. The zero-order valence-electron chi connectivity index (χ0n) is 11.9. The van der Waals surface area contributed by atoms with Crippen molar-refractivity contribution in [3.63, 3.8) is 0 Å². The molecule has 1 aromatic carbocycles. The Bertz CT molecular complexity index is 552. The third-order valence-electron chi connectivity index (χ3n) is 3.56. The first kappa shape index (κ1) is 13.1. The Morgan fingerprint density at radius 3 is 2.39 bits per heavy atom. The number of fused-ring (bicyclic) bond motifs is 1. The minimum Gasteiger partial charge on any atom is -0.331 e. The number of aryl methyl sites for hydroxylation is 1. The molecule has 0 amide bonds. The maximum Gasteiger partial charge on any atom is 0.112 e. The highest BCUT2D eigenvalue weighted by Gasteiger charge is 2.14. The normalized spacial score (nSPS) is 13.8. The van der Waals surface area contributed by atoms with Crippen molar-refractivity contribution in [2.24, 2.45) is 18.7 Å². The molecule has 18 heavy (non-hydrogen) atoms. The number of benzene rings is 1. The second-order valence-electron chi connectivity index (χ2n) is 5.70. The van der Waals surface area contributed by atoms with Crippen LogP contribution in [0.25, 0.3) is 11.0 Å². The van der Waals surface area contributed by atoms with Crippen molar-refractivity contribution >= 4 is 11.0 Å². The Morgan fingerprint density at radius 2 is 1.83 bits per heavy atom. The van der Waals surface area contributed by atoms with Crippen LogP contribution in [-0.2, 0) is 7.05 Å². The number of nitrogens with two attached hydrogens (primary N) is 1. The first-order valence-electron chi connectivity index (χ1n) is 6.63. The smallest absolute Gasteiger partial charge is 0.112 e. The first-order chi connectivity index (χ1) is 8.41. The van der Waals surface area contributed by atoms with E-state index in [0.717, 1.165) is 11.3 Å². The summed E-state index contributed by atoms with van der Waals surface area (Å²) >= 11 is 0. The van der Waals surface area contributed by atoms with Crippen molar-refractivity contribution in [3.05, 3.63) is 29.6 Å². The third-order valence-corrected chi connectivity index (χ3v) is 3.56. The predicted octanol–water partition coefficient (Wildman–Crippen LogP) is 3.35. The van der Waals surface area contributed by atoms with Crippen molar-refractivity contribution in [1.82, 2.24) is 9.55 Å². The van der Waals surface area contributed by atoms with E-state index < -0.39 is 0 Å². The Hall–Kier alpha value is -1.35. The highest BCUT2D eigenvalue weighted by atomic mass is 15.1. The average Bonchev–Trinajstić information content (AvgIpc) is 2.65. The molecule has 1 unspecified atom stereocenters. The van der Waals surface area contributed by atoms with E-state index in [1.165, 1.54) is 11.1 Å². The van der Waals surface area contributed by atoms with Crippen molar-refractivity contribution in [2.75, 3.05) is 0 Å². The van der Waals surface area contributed by atoms with E-state index in [0.29, 0.717) is 11.8 Å². The fourth-order valence-corrected chi connectivity index (χ4v) is 2.34. The molecule has 2 rings (SSSR count). The van der Waals surface area contributed by atoms with Gasteiger partial charge in [-0.3, -0.25) is 0 Å². The number of imidazole rings is 1.